The zero-order chi connectivity index (χ0) is 23.9. The highest BCUT2D eigenvalue weighted by Gasteiger charge is 2.42. The minimum Gasteiger partial charge on any atom is -0.333 e. The fourth-order valence-electron chi connectivity index (χ4n) is 6.10. The Hall–Kier alpha value is -4.30. The summed E-state index contributed by atoms with van der Waals surface area (Å²) in [4.78, 5) is 4.95. The lowest BCUT2D eigenvalue weighted by molar-refractivity contribution is 0.662. The average molecular weight is 465 g/mol. The summed E-state index contributed by atoms with van der Waals surface area (Å²) in [7, 11) is 0. The predicted octanol–water partition coefficient (Wildman–Crippen LogP) is 8.98. The maximum Gasteiger partial charge on any atom is 0.0664 e. The highest BCUT2D eigenvalue weighted by Crippen LogP contribution is 2.53. The number of hydrogen-bond donors (Lipinski definition) is 0. The number of rotatable bonds is 4. The van der Waals surface area contributed by atoms with Crippen LogP contribution in [0.2, 0.25) is 0 Å². The first-order valence-corrected chi connectivity index (χ1v) is 12.8. The van der Waals surface area contributed by atoms with Gasteiger partial charge < -0.3 is 9.80 Å². The number of benzene rings is 4. The molecule has 4 aromatic carbocycles. The minimum atomic E-state index is 0.324. The average Bonchev–Trinajstić information content (AvgIpc) is 3.29. The van der Waals surface area contributed by atoms with Crippen LogP contribution in [-0.4, -0.2) is 6.04 Å². The van der Waals surface area contributed by atoms with Gasteiger partial charge in [0.2, 0.25) is 0 Å². The van der Waals surface area contributed by atoms with E-state index in [1.807, 2.05) is 0 Å². The van der Waals surface area contributed by atoms with Crippen LogP contribution in [0, 0.1) is 0 Å². The number of nitrogens with zero attached hydrogens (tertiary/aromatic N) is 2. The third kappa shape index (κ3) is 3.41. The van der Waals surface area contributed by atoms with E-state index in [9.17, 15) is 0 Å². The monoisotopic (exact) mass is 464 g/mol. The van der Waals surface area contributed by atoms with E-state index in [1.165, 1.54) is 28.2 Å². The number of allylic oxidation sites excluding steroid dienone is 4. The van der Waals surface area contributed by atoms with E-state index in [2.05, 4.69) is 143 Å². The van der Waals surface area contributed by atoms with Crippen molar-refractivity contribution in [3.63, 3.8) is 0 Å². The van der Waals surface area contributed by atoms with Crippen molar-refractivity contribution in [3.05, 3.63) is 150 Å². The lowest BCUT2D eigenvalue weighted by atomic mass is 9.79. The maximum atomic E-state index is 2.59. The second-order valence-electron chi connectivity index (χ2n) is 9.71. The first kappa shape index (κ1) is 21.0. The van der Waals surface area contributed by atoms with Crippen LogP contribution in [0.4, 0.5) is 28.4 Å². The van der Waals surface area contributed by atoms with E-state index in [0.717, 1.165) is 24.2 Å². The molecule has 4 aromatic rings. The number of hydrogen-bond acceptors (Lipinski definition) is 2. The van der Waals surface area contributed by atoms with Gasteiger partial charge in [0, 0.05) is 34.4 Å². The van der Waals surface area contributed by atoms with Crippen LogP contribution in [0.15, 0.2) is 145 Å². The molecule has 2 aliphatic carbocycles. The first-order chi connectivity index (χ1) is 17.9. The van der Waals surface area contributed by atoms with Crippen molar-refractivity contribution in [1.29, 1.82) is 0 Å². The lowest BCUT2D eigenvalue weighted by Gasteiger charge is -2.36. The predicted molar refractivity (Wildman–Crippen MR) is 151 cm³/mol. The quantitative estimate of drug-likeness (QED) is 0.297. The molecule has 0 fully saturated rings. The van der Waals surface area contributed by atoms with E-state index in [4.69, 9.17) is 0 Å². The standard InChI is InChI=1S/C34H28N2/c1-4-13-26(14-5-1)35(27-15-6-2-7-16-27)29-21-23-31-32-22-20-25-12-10-11-19-30(25)34(32)36(33(31)24-29)28-17-8-3-9-18-28/h1-10,12-18,20-24,32,34H,11,19H2. The number of para-hydroxylation sites is 3. The maximum absolute atomic E-state index is 2.59. The third-order valence-corrected chi connectivity index (χ3v) is 7.66. The molecule has 1 aliphatic heterocycles. The van der Waals surface area contributed by atoms with Crippen molar-refractivity contribution in [2.45, 2.75) is 24.8 Å². The van der Waals surface area contributed by atoms with E-state index < -0.39 is 0 Å². The summed E-state index contributed by atoms with van der Waals surface area (Å²) in [5.74, 6) is 0.362. The smallest absolute Gasteiger partial charge is 0.0664 e. The summed E-state index contributed by atoms with van der Waals surface area (Å²) in [6.07, 6.45) is 11.6. The molecule has 0 N–H and O–H groups in total. The molecule has 36 heavy (non-hydrogen) atoms. The van der Waals surface area contributed by atoms with E-state index >= 15 is 0 Å². The summed E-state index contributed by atoms with van der Waals surface area (Å²) < 4.78 is 0. The molecular formula is C34H28N2. The molecule has 174 valence electrons. The van der Waals surface area contributed by atoms with Crippen LogP contribution >= 0.6 is 0 Å². The Balaban J connectivity index is 1.41. The van der Waals surface area contributed by atoms with Crippen molar-refractivity contribution in [1.82, 2.24) is 0 Å². The van der Waals surface area contributed by atoms with Crippen LogP contribution in [0.5, 0.6) is 0 Å². The molecule has 2 atom stereocenters. The molecule has 0 bridgehead atoms. The lowest BCUT2D eigenvalue weighted by Crippen LogP contribution is -2.34. The van der Waals surface area contributed by atoms with Crippen LogP contribution in [0.1, 0.15) is 24.3 Å². The minimum absolute atomic E-state index is 0.324. The summed E-state index contributed by atoms with van der Waals surface area (Å²) in [5.41, 5.74) is 10.4. The molecule has 0 amide bonds. The van der Waals surface area contributed by atoms with Gasteiger partial charge in [0.25, 0.3) is 0 Å². The van der Waals surface area contributed by atoms with Crippen molar-refractivity contribution in [2.24, 2.45) is 0 Å². The SMILES string of the molecule is C1=CC2=C(CC1)C1C(C=C2)c2ccc(N(c3ccccc3)c3ccccc3)cc2N1c1ccccc1. The van der Waals surface area contributed by atoms with Crippen LogP contribution in [0.3, 0.4) is 0 Å². The molecule has 0 spiro atoms. The fourth-order valence-corrected chi connectivity index (χ4v) is 6.10. The summed E-state index contributed by atoms with van der Waals surface area (Å²) in [6, 6.07) is 39.6. The Morgan fingerprint density at radius 2 is 1.33 bits per heavy atom. The van der Waals surface area contributed by atoms with Crippen molar-refractivity contribution in [3.8, 4) is 0 Å². The highest BCUT2D eigenvalue weighted by atomic mass is 15.2. The van der Waals surface area contributed by atoms with Crippen LogP contribution in [-0.2, 0) is 0 Å². The van der Waals surface area contributed by atoms with Gasteiger partial charge in [0.15, 0.2) is 0 Å². The van der Waals surface area contributed by atoms with E-state index in [1.54, 1.807) is 5.57 Å². The van der Waals surface area contributed by atoms with Gasteiger partial charge in [-0.2, -0.15) is 0 Å². The van der Waals surface area contributed by atoms with Crippen molar-refractivity contribution >= 4 is 28.4 Å². The largest absolute Gasteiger partial charge is 0.333 e. The molecule has 0 saturated heterocycles. The number of fused-ring (bicyclic) bond motifs is 4. The van der Waals surface area contributed by atoms with Gasteiger partial charge in [0.05, 0.1) is 6.04 Å². The fraction of sp³-hybridized carbons (Fsp3) is 0.118. The van der Waals surface area contributed by atoms with Crippen molar-refractivity contribution < 1.29 is 0 Å². The Bertz CT molecular complexity index is 1440. The second-order valence-corrected chi connectivity index (χ2v) is 9.71. The van der Waals surface area contributed by atoms with Crippen LogP contribution in [0.25, 0.3) is 0 Å². The molecule has 1 heterocycles. The Morgan fingerprint density at radius 3 is 2.03 bits per heavy atom. The van der Waals surface area contributed by atoms with Gasteiger partial charge in [-0.1, -0.05) is 85.0 Å². The van der Waals surface area contributed by atoms with Gasteiger partial charge >= 0.3 is 0 Å². The molecule has 3 aliphatic rings. The van der Waals surface area contributed by atoms with Gasteiger partial charge in [-0.3, -0.25) is 0 Å². The second kappa shape index (κ2) is 8.73. The van der Waals surface area contributed by atoms with Gasteiger partial charge in [0.1, 0.15) is 0 Å². The zero-order valence-corrected chi connectivity index (χ0v) is 20.2. The van der Waals surface area contributed by atoms with Gasteiger partial charge in [-0.05, 0) is 78.1 Å². The zero-order valence-electron chi connectivity index (χ0n) is 20.2. The normalized spacial score (nSPS) is 19.6. The Kier molecular flexibility index (Phi) is 5.10. The topological polar surface area (TPSA) is 6.48 Å². The molecule has 2 nitrogen and oxygen atoms in total. The van der Waals surface area contributed by atoms with Crippen LogP contribution < -0.4 is 9.80 Å². The molecule has 7 rings (SSSR count). The summed E-state index contributed by atoms with van der Waals surface area (Å²) >= 11 is 0. The summed E-state index contributed by atoms with van der Waals surface area (Å²) in [6.45, 7) is 0. The Morgan fingerprint density at radius 1 is 0.667 bits per heavy atom. The molecule has 0 radical (unpaired) electrons. The van der Waals surface area contributed by atoms with Gasteiger partial charge in [-0.25, -0.2) is 0 Å². The highest BCUT2D eigenvalue weighted by molar-refractivity contribution is 5.84. The molecule has 0 aromatic heterocycles. The molecule has 2 unspecified atom stereocenters. The molecule has 2 heteroatoms. The number of anilines is 5. The first-order valence-electron chi connectivity index (χ1n) is 12.8. The van der Waals surface area contributed by atoms with Gasteiger partial charge in [-0.15, -0.1) is 0 Å². The summed E-state index contributed by atoms with van der Waals surface area (Å²) in [5, 5.41) is 0. The van der Waals surface area contributed by atoms with E-state index in [0.29, 0.717) is 12.0 Å². The van der Waals surface area contributed by atoms with Crippen molar-refractivity contribution in [2.75, 3.05) is 9.80 Å². The Labute approximate surface area is 213 Å². The third-order valence-electron chi connectivity index (χ3n) is 7.66. The van der Waals surface area contributed by atoms with E-state index in [-0.39, 0.29) is 0 Å². The molecule has 0 saturated carbocycles. The molecular weight excluding hydrogens is 436 g/mol.